The van der Waals surface area contributed by atoms with Gasteiger partial charge in [0.2, 0.25) is 0 Å². The Labute approximate surface area is 218 Å². The summed E-state index contributed by atoms with van der Waals surface area (Å²) in [4.78, 5) is 15.9. The van der Waals surface area contributed by atoms with Gasteiger partial charge in [-0.1, -0.05) is 43.1 Å². The second-order valence-electron chi connectivity index (χ2n) is 8.15. The third-order valence-corrected chi connectivity index (χ3v) is 7.07. The number of nitrogens with two attached hydrogens (primary N) is 1. The first-order valence-electron chi connectivity index (χ1n) is 10.2. The highest BCUT2D eigenvalue weighted by molar-refractivity contribution is 7.90. The van der Waals surface area contributed by atoms with Gasteiger partial charge in [0, 0.05) is 11.7 Å². The van der Waals surface area contributed by atoms with Crippen LogP contribution in [-0.4, -0.2) is 38.1 Å². The summed E-state index contributed by atoms with van der Waals surface area (Å²) in [5, 5.41) is 0.423. The molecule has 0 aliphatic carbocycles. The molecule has 8 nitrogen and oxygen atoms in total. The van der Waals surface area contributed by atoms with Crippen LogP contribution in [0.4, 0.5) is 0 Å². The Bertz CT molecular complexity index is 1330. The number of hydrogen-bond acceptors (Lipinski definition) is 7. The van der Waals surface area contributed by atoms with Crippen molar-refractivity contribution in [3.05, 3.63) is 69.2 Å². The highest BCUT2D eigenvalue weighted by Gasteiger charge is 2.28. The molecule has 0 fully saturated rings. The fourth-order valence-corrected chi connectivity index (χ4v) is 4.83. The highest BCUT2D eigenvalue weighted by atomic mass is 35.5. The molecule has 0 unspecified atom stereocenters. The second kappa shape index (κ2) is 10.7. The zero-order valence-corrected chi connectivity index (χ0v) is 22.2. The number of nitrogens with zero attached hydrogens (tertiary/aromatic N) is 1. The smallest absolute Gasteiger partial charge is 0.252 e. The molecule has 0 aliphatic rings. The number of hydrogen-bond donors (Lipinski definition) is 1. The maximum absolute atomic E-state index is 12.2. The summed E-state index contributed by atoms with van der Waals surface area (Å²) in [6.45, 7) is 3.86. The average Bonchev–Trinajstić information content (AvgIpc) is 3.26. The summed E-state index contributed by atoms with van der Waals surface area (Å²) < 4.78 is 40.0. The molecule has 1 heterocycles. The van der Waals surface area contributed by atoms with E-state index in [1.165, 1.54) is 0 Å². The van der Waals surface area contributed by atoms with Gasteiger partial charge in [-0.3, -0.25) is 4.79 Å². The maximum atomic E-state index is 12.2. The number of primary amides is 1. The van der Waals surface area contributed by atoms with E-state index in [1.807, 2.05) is 13.8 Å². The molecule has 12 heteroatoms. The number of halogens is 3. The van der Waals surface area contributed by atoms with E-state index in [0.29, 0.717) is 15.8 Å². The lowest BCUT2D eigenvalue weighted by molar-refractivity contribution is 0.0995. The quantitative estimate of drug-likeness (QED) is 0.345. The topological polar surface area (TPSA) is 122 Å². The molecule has 2 aromatic carbocycles. The Balaban J connectivity index is 1.93. The molecule has 0 saturated heterocycles. The van der Waals surface area contributed by atoms with Gasteiger partial charge in [0.15, 0.2) is 32.8 Å². The SMILES string of the molecule is CC(C)(c1cc(Cl)c(OCCCl)c(Cl)c1)c1ccc(OCc2ocnc2S(C)(=O)=O)c(C(N)=O)c1. The highest BCUT2D eigenvalue weighted by Crippen LogP contribution is 2.41. The van der Waals surface area contributed by atoms with Crippen molar-refractivity contribution in [1.82, 2.24) is 4.98 Å². The third kappa shape index (κ3) is 6.03. The van der Waals surface area contributed by atoms with Crippen LogP contribution in [0.5, 0.6) is 11.5 Å². The van der Waals surface area contributed by atoms with Crippen molar-refractivity contribution in [2.75, 3.05) is 18.7 Å². The fraction of sp³-hybridized carbons (Fsp3) is 0.304. The van der Waals surface area contributed by atoms with E-state index in [9.17, 15) is 13.2 Å². The number of amides is 1. The van der Waals surface area contributed by atoms with E-state index in [0.717, 1.165) is 23.8 Å². The maximum Gasteiger partial charge on any atom is 0.252 e. The predicted molar refractivity (Wildman–Crippen MR) is 134 cm³/mol. The Morgan fingerprint density at radius 1 is 1.11 bits per heavy atom. The molecule has 0 radical (unpaired) electrons. The van der Waals surface area contributed by atoms with Crippen molar-refractivity contribution in [2.45, 2.75) is 30.9 Å². The summed E-state index contributed by atoms with van der Waals surface area (Å²) >= 11 is 18.5. The predicted octanol–water partition coefficient (Wildman–Crippen LogP) is 5.01. The molecule has 0 bridgehead atoms. The summed E-state index contributed by atoms with van der Waals surface area (Å²) in [5.41, 5.74) is 6.58. The zero-order chi connectivity index (χ0) is 26.0. The van der Waals surface area contributed by atoms with Gasteiger partial charge >= 0.3 is 0 Å². The number of oxazole rings is 1. The number of ether oxygens (including phenoxy) is 2. The van der Waals surface area contributed by atoms with E-state index < -0.39 is 21.2 Å². The number of sulfone groups is 1. The van der Waals surface area contributed by atoms with Crippen molar-refractivity contribution in [1.29, 1.82) is 0 Å². The minimum absolute atomic E-state index is 0.00749. The molecular formula is C23H23Cl3N2O6S. The van der Waals surface area contributed by atoms with Crippen molar-refractivity contribution in [3.63, 3.8) is 0 Å². The second-order valence-corrected chi connectivity index (χ2v) is 11.3. The van der Waals surface area contributed by atoms with Crippen LogP contribution >= 0.6 is 34.8 Å². The molecule has 1 aromatic heterocycles. The number of alkyl halides is 1. The lowest BCUT2D eigenvalue weighted by atomic mass is 9.77. The summed E-state index contributed by atoms with van der Waals surface area (Å²) in [6.07, 6.45) is 2.02. The van der Waals surface area contributed by atoms with E-state index in [4.69, 9.17) is 54.4 Å². The molecule has 1 amide bonds. The molecule has 3 rings (SSSR count). The van der Waals surface area contributed by atoms with Crippen LogP contribution in [0, 0.1) is 0 Å². The largest absolute Gasteiger partial charge is 0.489 e. The number of benzene rings is 2. The molecule has 0 aliphatic heterocycles. The normalized spacial score (nSPS) is 11.9. The molecule has 3 aromatic rings. The van der Waals surface area contributed by atoms with Crippen LogP contribution in [0.15, 0.2) is 46.2 Å². The van der Waals surface area contributed by atoms with Crippen LogP contribution in [0.2, 0.25) is 10.0 Å². The monoisotopic (exact) mass is 560 g/mol. The number of carbonyl (C=O) groups is 1. The van der Waals surface area contributed by atoms with Crippen LogP contribution in [-0.2, 0) is 21.9 Å². The Morgan fingerprint density at radius 2 is 1.77 bits per heavy atom. The standard InChI is InChI=1S/C23H23Cl3N2O6S/c1-23(2,14-9-16(25)20(17(26)10-14)32-7-6-24)13-4-5-18(15(8-13)21(27)29)33-11-19-22(28-12-34-19)35(3,30)31/h4-5,8-10,12H,6-7,11H2,1-3H3,(H2,27,29). The van der Waals surface area contributed by atoms with E-state index in [2.05, 4.69) is 4.98 Å². The van der Waals surface area contributed by atoms with Crippen LogP contribution < -0.4 is 15.2 Å². The van der Waals surface area contributed by atoms with Gasteiger partial charge in [0.1, 0.15) is 19.0 Å². The fourth-order valence-electron chi connectivity index (χ4n) is 3.40. The summed E-state index contributed by atoms with van der Waals surface area (Å²) in [7, 11) is -3.61. The van der Waals surface area contributed by atoms with Gasteiger partial charge in [-0.2, -0.15) is 0 Å². The van der Waals surface area contributed by atoms with E-state index in [-0.39, 0.29) is 41.2 Å². The third-order valence-electron chi connectivity index (χ3n) is 5.32. The number of rotatable bonds is 10. The van der Waals surface area contributed by atoms with Crippen LogP contribution in [0.1, 0.15) is 41.1 Å². The summed E-state index contributed by atoms with van der Waals surface area (Å²) in [5.74, 6) is 0.0771. The van der Waals surface area contributed by atoms with Gasteiger partial charge in [-0.25, -0.2) is 13.4 Å². The van der Waals surface area contributed by atoms with E-state index >= 15 is 0 Å². The Kier molecular flexibility index (Phi) is 8.26. The lowest BCUT2D eigenvalue weighted by Crippen LogP contribution is -2.21. The van der Waals surface area contributed by atoms with Crippen molar-refractivity contribution in [2.24, 2.45) is 5.73 Å². The molecule has 0 spiro atoms. The molecular weight excluding hydrogens is 539 g/mol. The van der Waals surface area contributed by atoms with Crippen molar-refractivity contribution < 1.29 is 27.1 Å². The molecule has 0 saturated carbocycles. The lowest BCUT2D eigenvalue weighted by Gasteiger charge is -2.28. The zero-order valence-electron chi connectivity index (χ0n) is 19.1. The van der Waals surface area contributed by atoms with Crippen molar-refractivity contribution >= 4 is 50.5 Å². The van der Waals surface area contributed by atoms with Crippen molar-refractivity contribution in [3.8, 4) is 11.5 Å². The first-order valence-corrected chi connectivity index (χ1v) is 13.4. The minimum atomic E-state index is -3.61. The van der Waals surface area contributed by atoms with Gasteiger partial charge in [0.25, 0.3) is 5.91 Å². The van der Waals surface area contributed by atoms with Gasteiger partial charge in [-0.05, 0) is 35.4 Å². The molecule has 0 atom stereocenters. The minimum Gasteiger partial charge on any atom is -0.489 e. The Hall–Kier alpha value is -2.46. The Morgan fingerprint density at radius 3 is 2.34 bits per heavy atom. The van der Waals surface area contributed by atoms with Gasteiger partial charge < -0.3 is 19.6 Å². The van der Waals surface area contributed by atoms with Gasteiger partial charge in [0.05, 0.1) is 21.5 Å². The first kappa shape index (κ1) is 27.1. The molecule has 188 valence electrons. The number of aromatic nitrogens is 1. The first-order chi connectivity index (χ1) is 16.4. The van der Waals surface area contributed by atoms with E-state index in [1.54, 1.807) is 30.3 Å². The molecule has 35 heavy (non-hydrogen) atoms. The van der Waals surface area contributed by atoms with Crippen LogP contribution in [0.25, 0.3) is 0 Å². The molecule has 2 N–H and O–H groups in total. The number of carbonyl (C=O) groups excluding carboxylic acids is 1. The summed E-state index contributed by atoms with van der Waals surface area (Å²) in [6, 6.07) is 8.42. The average molecular weight is 562 g/mol. The van der Waals surface area contributed by atoms with Gasteiger partial charge in [-0.15, -0.1) is 11.6 Å². The van der Waals surface area contributed by atoms with Crippen LogP contribution in [0.3, 0.4) is 0 Å².